The summed E-state index contributed by atoms with van der Waals surface area (Å²) in [5.41, 5.74) is 0. The van der Waals surface area contributed by atoms with Crippen molar-refractivity contribution in [2.45, 2.75) is 46.1 Å². The van der Waals surface area contributed by atoms with Gasteiger partial charge in [0, 0.05) is 0 Å². The Labute approximate surface area is 80.4 Å². The monoisotopic (exact) mass is 188 g/mol. The molecule has 0 aromatic heterocycles. The van der Waals surface area contributed by atoms with Gasteiger partial charge in [0.25, 0.3) is 0 Å². The zero-order valence-electron chi connectivity index (χ0n) is 8.84. The molecule has 3 nitrogen and oxygen atoms in total. The van der Waals surface area contributed by atoms with Crippen molar-refractivity contribution in [1.29, 1.82) is 0 Å². The highest BCUT2D eigenvalue weighted by molar-refractivity contribution is 5.69. The second-order valence-electron chi connectivity index (χ2n) is 3.24. The van der Waals surface area contributed by atoms with Gasteiger partial charge in [-0.3, -0.25) is 4.79 Å². The van der Waals surface area contributed by atoms with Crippen LogP contribution in [0.4, 0.5) is 0 Å². The number of unbranched alkanes of at least 4 members (excludes halogenated alkanes) is 1. The molecule has 0 fully saturated rings. The second-order valence-corrected chi connectivity index (χ2v) is 3.24. The fraction of sp³-hybridized carbons (Fsp3) is 0.900. The Morgan fingerprint density at radius 2 is 2.00 bits per heavy atom. The van der Waals surface area contributed by atoms with E-state index in [0.29, 0.717) is 19.6 Å². The zero-order valence-corrected chi connectivity index (χ0v) is 8.84. The van der Waals surface area contributed by atoms with E-state index >= 15 is 0 Å². The minimum absolute atomic E-state index is 0.158. The van der Waals surface area contributed by atoms with Crippen LogP contribution in [0.15, 0.2) is 0 Å². The lowest BCUT2D eigenvalue weighted by molar-refractivity contribution is -0.145. The Hall–Kier alpha value is -0.570. The SMILES string of the molecule is CCCCOC(=O)CCOC(C)C. The largest absolute Gasteiger partial charge is 0.466 e. The molecule has 0 saturated carbocycles. The van der Waals surface area contributed by atoms with Crippen LogP contribution >= 0.6 is 0 Å². The first kappa shape index (κ1) is 12.4. The number of hydrogen-bond donors (Lipinski definition) is 0. The van der Waals surface area contributed by atoms with E-state index in [2.05, 4.69) is 6.92 Å². The Morgan fingerprint density at radius 1 is 1.31 bits per heavy atom. The van der Waals surface area contributed by atoms with Gasteiger partial charge in [0.1, 0.15) is 0 Å². The summed E-state index contributed by atoms with van der Waals surface area (Å²) >= 11 is 0. The number of rotatable bonds is 7. The van der Waals surface area contributed by atoms with E-state index in [0.717, 1.165) is 12.8 Å². The van der Waals surface area contributed by atoms with Crippen LogP contribution in [0.3, 0.4) is 0 Å². The molecule has 0 unspecified atom stereocenters. The predicted molar refractivity (Wildman–Crippen MR) is 51.6 cm³/mol. The lowest BCUT2D eigenvalue weighted by Gasteiger charge is -2.07. The van der Waals surface area contributed by atoms with Crippen LogP contribution in [0.1, 0.15) is 40.0 Å². The third-order valence-corrected chi connectivity index (χ3v) is 1.52. The van der Waals surface area contributed by atoms with Gasteiger partial charge in [-0.1, -0.05) is 13.3 Å². The van der Waals surface area contributed by atoms with Crippen molar-refractivity contribution >= 4 is 5.97 Å². The van der Waals surface area contributed by atoms with Crippen molar-refractivity contribution in [2.24, 2.45) is 0 Å². The minimum Gasteiger partial charge on any atom is -0.466 e. The molecule has 0 aliphatic carbocycles. The Balaban J connectivity index is 3.20. The molecule has 13 heavy (non-hydrogen) atoms. The molecule has 0 rings (SSSR count). The number of hydrogen-bond acceptors (Lipinski definition) is 3. The smallest absolute Gasteiger partial charge is 0.308 e. The molecule has 0 radical (unpaired) electrons. The van der Waals surface area contributed by atoms with Crippen LogP contribution in [-0.2, 0) is 14.3 Å². The van der Waals surface area contributed by atoms with E-state index < -0.39 is 0 Å². The fourth-order valence-electron chi connectivity index (χ4n) is 0.780. The van der Waals surface area contributed by atoms with Crippen molar-refractivity contribution in [3.05, 3.63) is 0 Å². The highest BCUT2D eigenvalue weighted by Gasteiger charge is 2.02. The molecule has 0 aromatic rings. The third-order valence-electron chi connectivity index (χ3n) is 1.52. The highest BCUT2D eigenvalue weighted by atomic mass is 16.5. The summed E-state index contributed by atoms with van der Waals surface area (Å²) < 4.78 is 10.2. The van der Waals surface area contributed by atoms with Crippen molar-refractivity contribution < 1.29 is 14.3 Å². The van der Waals surface area contributed by atoms with Crippen LogP contribution in [0.2, 0.25) is 0 Å². The maximum absolute atomic E-state index is 11.0. The van der Waals surface area contributed by atoms with Gasteiger partial charge in [-0.15, -0.1) is 0 Å². The van der Waals surface area contributed by atoms with Crippen LogP contribution in [-0.4, -0.2) is 25.3 Å². The summed E-state index contributed by atoms with van der Waals surface area (Å²) in [5, 5.41) is 0. The average Bonchev–Trinajstić information content (AvgIpc) is 2.04. The van der Waals surface area contributed by atoms with Gasteiger partial charge in [0.05, 0.1) is 25.7 Å². The first-order valence-electron chi connectivity index (χ1n) is 4.94. The first-order valence-corrected chi connectivity index (χ1v) is 4.94. The maximum Gasteiger partial charge on any atom is 0.308 e. The van der Waals surface area contributed by atoms with Crippen molar-refractivity contribution in [3.8, 4) is 0 Å². The summed E-state index contributed by atoms with van der Waals surface area (Å²) in [5.74, 6) is -0.158. The topological polar surface area (TPSA) is 35.5 Å². The lowest BCUT2D eigenvalue weighted by Crippen LogP contribution is -2.11. The molecular weight excluding hydrogens is 168 g/mol. The Morgan fingerprint density at radius 3 is 2.54 bits per heavy atom. The standard InChI is InChI=1S/C10H20O3/c1-4-5-7-13-10(11)6-8-12-9(2)3/h9H,4-8H2,1-3H3. The number of carbonyl (C=O) groups is 1. The normalized spacial score (nSPS) is 10.5. The quantitative estimate of drug-likeness (QED) is 0.453. The number of esters is 1. The van der Waals surface area contributed by atoms with Gasteiger partial charge >= 0.3 is 5.97 Å². The van der Waals surface area contributed by atoms with Crippen molar-refractivity contribution in [3.63, 3.8) is 0 Å². The van der Waals surface area contributed by atoms with Crippen LogP contribution in [0.25, 0.3) is 0 Å². The summed E-state index contributed by atoms with van der Waals surface area (Å²) in [7, 11) is 0. The van der Waals surface area contributed by atoms with Crippen molar-refractivity contribution in [2.75, 3.05) is 13.2 Å². The van der Waals surface area contributed by atoms with E-state index in [1.165, 1.54) is 0 Å². The van der Waals surface area contributed by atoms with Gasteiger partial charge in [-0.2, -0.15) is 0 Å². The molecular formula is C10H20O3. The van der Waals surface area contributed by atoms with E-state index in [4.69, 9.17) is 9.47 Å². The van der Waals surface area contributed by atoms with E-state index in [1.54, 1.807) is 0 Å². The number of ether oxygens (including phenoxy) is 2. The second kappa shape index (κ2) is 8.05. The van der Waals surface area contributed by atoms with E-state index in [1.807, 2.05) is 13.8 Å². The number of carbonyl (C=O) groups excluding carboxylic acids is 1. The van der Waals surface area contributed by atoms with Gasteiger partial charge in [0.2, 0.25) is 0 Å². The lowest BCUT2D eigenvalue weighted by atomic mass is 10.3. The highest BCUT2D eigenvalue weighted by Crippen LogP contribution is 1.94. The van der Waals surface area contributed by atoms with Gasteiger partial charge in [-0.05, 0) is 20.3 Å². The molecule has 0 atom stereocenters. The van der Waals surface area contributed by atoms with Crippen LogP contribution in [0, 0.1) is 0 Å². The summed E-state index contributed by atoms with van der Waals surface area (Å²) in [6.07, 6.45) is 2.54. The predicted octanol–water partition coefficient (Wildman–Crippen LogP) is 2.14. The van der Waals surface area contributed by atoms with Crippen LogP contribution in [0.5, 0.6) is 0 Å². The summed E-state index contributed by atoms with van der Waals surface area (Å²) in [4.78, 5) is 11.0. The molecule has 0 N–H and O–H groups in total. The van der Waals surface area contributed by atoms with E-state index in [-0.39, 0.29) is 12.1 Å². The third kappa shape index (κ3) is 9.34. The Bertz CT molecular complexity index is 132. The molecule has 0 bridgehead atoms. The molecule has 0 aliphatic rings. The molecule has 3 heteroatoms. The average molecular weight is 188 g/mol. The first-order chi connectivity index (χ1) is 6.16. The molecule has 0 aromatic carbocycles. The molecule has 0 aliphatic heterocycles. The molecule has 78 valence electrons. The van der Waals surface area contributed by atoms with Crippen LogP contribution < -0.4 is 0 Å². The molecule has 0 amide bonds. The Kier molecular flexibility index (Phi) is 7.69. The summed E-state index contributed by atoms with van der Waals surface area (Å²) in [6, 6.07) is 0. The zero-order chi connectivity index (χ0) is 10.1. The van der Waals surface area contributed by atoms with Gasteiger partial charge < -0.3 is 9.47 Å². The maximum atomic E-state index is 11.0. The summed E-state index contributed by atoms with van der Waals surface area (Å²) in [6.45, 7) is 6.96. The van der Waals surface area contributed by atoms with Gasteiger partial charge in [-0.25, -0.2) is 0 Å². The molecule has 0 heterocycles. The molecule has 0 saturated heterocycles. The molecule has 0 spiro atoms. The minimum atomic E-state index is -0.158. The van der Waals surface area contributed by atoms with E-state index in [9.17, 15) is 4.79 Å². The fourth-order valence-corrected chi connectivity index (χ4v) is 0.780. The van der Waals surface area contributed by atoms with Gasteiger partial charge in [0.15, 0.2) is 0 Å². The van der Waals surface area contributed by atoms with Crippen molar-refractivity contribution in [1.82, 2.24) is 0 Å².